The molecule has 0 aliphatic carbocycles. The number of alkyl halides is 3. The standard InChI is InChI=1S/C30H26F3N3O3/c31-30(32,33)29-25(7-4-8-27(29)23-5-2-1-3-6-23)20-38-26-10-9-24(18-35-11-12-37)28(14-26)39-19-22-13-21(15-34)16-36-17-22/h1-10,13-14,16-17,35,37H,11-12,18-20H2. The fraction of sp³-hybridized carbons (Fsp3) is 0.200. The highest BCUT2D eigenvalue weighted by Gasteiger charge is 2.36. The summed E-state index contributed by atoms with van der Waals surface area (Å²) in [5.41, 5.74) is 1.69. The molecule has 0 saturated heterocycles. The molecule has 4 rings (SSSR count). The van der Waals surface area contributed by atoms with Crippen LogP contribution < -0.4 is 14.8 Å². The molecular weight excluding hydrogens is 507 g/mol. The van der Waals surface area contributed by atoms with Crippen LogP contribution in [0.4, 0.5) is 13.2 Å². The first kappa shape index (κ1) is 27.6. The van der Waals surface area contributed by atoms with Gasteiger partial charge in [-0.3, -0.25) is 4.98 Å². The van der Waals surface area contributed by atoms with Crippen LogP contribution in [0.3, 0.4) is 0 Å². The van der Waals surface area contributed by atoms with Crippen molar-refractivity contribution in [3.8, 4) is 28.7 Å². The lowest BCUT2D eigenvalue weighted by molar-refractivity contribution is -0.138. The third kappa shape index (κ3) is 7.35. The Balaban J connectivity index is 1.58. The van der Waals surface area contributed by atoms with E-state index < -0.39 is 11.7 Å². The summed E-state index contributed by atoms with van der Waals surface area (Å²) in [6.45, 7) is 0.558. The van der Waals surface area contributed by atoms with Gasteiger partial charge in [0.25, 0.3) is 0 Å². The number of aromatic nitrogens is 1. The van der Waals surface area contributed by atoms with Crippen LogP contribution in [0, 0.1) is 11.3 Å². The van der Waals surface area contributed by atoms with Gasteiger partial charge >= 0.3 is 6.18 Å². The van der Waals surface area contributed by atoms with Crippen molar-refractivity contribution in [1.29, 1.82) is 5.26 Å². The zero-order valence-electron chi connectivity index (χ0n) is 20.9. The maximum absolute atomic E-state index is 14.2. The van der Waals surface area contributed by atoms with Gasteiger partial charge in [-0.15, -0.1) is 0 Å². The van der Waals surface area contributed by atoms with Crippen LogP contribution in [-0.4, -0.2) is 23.2 Å². The van der Waals surface area contributed by atoms with Crippen molar-refractivity contribution >= 4 is 0 Å². The minimum Gasteiger partial charge on any atom is -0.489 e. The van der Waals surface area contributed by atoms with E-state index in [1.165, 1.54) is 18.3 Å². The number of nitrogens with zero attached hydrogens (tertiary/aromatic N) is 2. The Morgan fingerprint density at radius 1 is 0.897 bits per heavy atom. The van der Waals surface area contributed by atoms with Crippen LogP contribution >= 0.6 is 0 Å². The number of aliphatic hydroxyl groups excluding tert-OH is 1. The Morgan fingerprint density at radius 2 is 1.72 bits per heavy atom. The van der Waals surface area contributed by atoms with Crippen LogP contribution in [-0.2, 0) is 25.9 Å². The normalized spacial score (nSPS) is 11.2. The van der Waals surface area contributed by atoms with Crippen molar-refractivity contribution in [1.82, 2.24) is 10.3 Å². The minimum absolute atomic E-state index is 0.0133. The molecule has 200 valence electrons. The zero-order valence-corrected chi connectivity index (χ0v) is 20.9. The molecule has 1 heterocycles. The summed E-state index contributed by atoms with van der Waals surface area (Å²) in [5, 5.41) is 21.3. The van der Waals surface area contributed by atoms with Crippen LogP contribution in [0.5, 0.6) is 11.5 Å². The number of hydrogen-bond acceptors (Lipinski definition) is 6. The molecule has 6 nitrogen and oxygen atoms in total. The van der Waals surface area contributed by atoms with Crippen molar-refractivity contribution in [3.05, 3.63) is 113 Å². The molecule has 0 aliphatic rings. The monoisotopic (exact) mass is 533 g/mol. The second-order valence-corrected chi connectivity index (χ2v) is 8.64. The molecule has 0 atom stereocenters. The number of aliphatic hydroxyl groups is 1. The second-order valence-electron chi connectivity index (χ2n) is 8.64. The lowest BCUT2D eigenvalue weighted by atomic mass is 9.95. The van der Waals surface area contributed by atoms with Crippen molar-refractivity contribution in [2.45, 2.75) is 25.9 Å². The van der Waals surface area contributed by atoms with E-state index in [0.717, 1.165) is 5.56 Å². The molecule has 0 bridgehead atoms. The molecule has 0 fully saturated rings. The van der Waals surface area contributed by atoms with Gasteiger partial charge in [0.1, 0.15) is 30.8 Å². The third-order valence-corrected chi connectivity index (χ3v) is 5.87. The topological polar surface area (TPSA) is 87.4 Å². The second kappa shape index (κ2) is 12.9. The number of ether oxygens (including phenoxy) is 2. The predicted octanol–water partition coefficient (Wildman–Crippen LogP) is 5.88. The molecule has 0 spiro atoms. The Hall–Kier alpha value is -4.39. The van der Waals surface area contributed by atoms with Gasteiger partial charge in [0.05, 0.1) is 17.7 Å². The summed E-state index contributed by atoms with van der Waals surface area (Å²) < 4.78 is 54.3. The molecule has 3 aromatic carbocycles. The Bertz CT molecular complexity index is 1440. The highest BCUT2D eigenvalue weighted by Crippen LogP contribution is 2.40. The fourth-order valence-electron chi connectivity index (χ4n) is 4.07. The van der Waals surface area contributed by atoms with E-state index >= 15 is 0 Å². The average Bonchev–Trinajstić information content (AvgIpc) is 2.95. The largest absolute Gasteiger partial charge is 0.489 e. The summed E-state index contributed by atoms with van der Waals surface area (Å²) in [6.07, 6.45) is -1.54. The summed E-state index contributed by atoms with van der Waals surface area (Å²) in [6, 6.07) is 21.6. The van der Waals surface area contributed by atoms with Gasteiger partial charge in [-0.05, 0) is 23.3 Å². The first-order valence-corrected chi connectivity index (χ1v) is 12.2. The number of hydrogen-bond donors (Lipinski definition) is 2. The highest BCUT2D eigenvalue weighted by atomic mass is 19.4. The number of pyridine rings is 1. The molecule has 0 unspecified atom stereocenters. The van der Waals surface area contributed by atoms with Crippen LogP contribution in [0.15, 0.2) is 85.2 Å². The number of nitriles is 1. The summed E-state index contributed by atoms with van der Waals surface area (Å²) >= 11 is 0. The van der Waals surface area contributed by atoms with Gasteiger partial charge in [-0.25, -0.2) is 0 Å². The van der Waals surface area contributed by atoms with Crippen molar-refractivity contribution in [3.63, 3.8) is 0 Å². The van der Waals surface area contributed by atoms with Gasteiger partial charge in [0, 0.05) is 48.2 Å². The third-order valence-electron chi connectivity index (χ3n) is 5.87. The molecule has 9 heteroatoms. The first-order chi connectivity index (χ1) is 18.9. The van der Waals surface area contributed by atoms with E-state index in [1.54, 1.807) is 66.9 Å². The van der Waals surface area contributed by atoms with E-state index in [1.807, 2.05) is 6.07 Å². The van der Waals surface area contributed by atoms with Crippen molar-refractivity contribution in [2.24, 2.45) is 0 Å². The van der Waals surface area contributed by atoms with E-state index in [0.29, 0.717) is 41.3 Å². The maximum atomic E-state index is 14.2. The summed E-state index contributed by atoms with van der Waals surface area (Å²) in [4.78, 5) is 4.03. The van der Waals surface area contributed by atoms with E-state index in [2.05, 4.69) is 10.3 Å². The minimum atomic E-state index is -4.58. The SMILES string of the molecule is N#Cc1cncc(COc2cc(OCc3cccc(-c4ccccc4)c3C(F)(F)F)ccc2CNCCO)c1. The first-order valence-electron chi connectivity index (χ1n) is 12.2. The average molecular weight is 534 g/mol. The number of rotatable bonds is 11. The number of nitrogens with one attached hydrogen (secondary N) is 1. The van der Waals surface area contributed by atoms with Gasteiger partial charge < -0.3 is 19.9 Å². The Kier molecular flexibility index (Phi) is 9.15. The zero-order chi connectivity index (χ0) is 27.7. The van der Waals surface area contributed by atoms with E-state index in [-0.39, 0.29) is 30.9 Å². The quantitative estimate of drug-likeness (QED) is 0.234. The maximum Gasteiger partial charge on any atom is 0.417 e. The van der Waals surface area contributed by atoms with Crippen LogP contribution in [0.1, 0.15) is 27.8 Å². The van der Waals surface area contributed by atoms with Gasteiger partial charge in [0.2, 0.25) is 0 Å². The number of benzene rings is 3. The molecular formula is C30H26F3N3O3. The van der Waals surface area contributed by atoms with Gasteiger partial charge in [-0.2, -0.15) is 18.4 Å². The lowest BCUT2D eigenvalue weighted by Gasteiger charge is -2.19. The Labute approximate surface area is 224 Å². The molecule has 4 aromatic rings. The molecule has 0 saturated carbocycles. The lowest BCUT2D eigenvalue weighted by Crippen LogP contribution is -2.18. The molecule has 0 aliphatic heterocycles. The van der Waals surface area contributed by atoms with Gasteiger partial charge in [0.15, 0.2) is 0 Å². The van der Waals surface area contributed by atoms with Gasteiger partial charge in [-0.1, -0.05) is 54.6 Å². The number of halogens is 3. The molecule has 2 N–H and O–H groups in total. The fourth-order valence-corrected chi connectivity index (χ4v) is 4.07. The molecule has 0 radical (unpaired) electrons. The van der Waals surface area contributed by atoms with Crippen LogP contribution in [0.2, 0.25) is 0 Å². The predicted molar refractivity (Wildman–Crippen MR) is 140 cm³/mol. The molecule has 39 heavy (non-hydrogen) atoms. The van der Waals surface area contributed by atoms with E-state index in [4.69, 9.17) is 19.8 Å². The smallest absolute Gasteiger partial charge is 0.417 e. The van der Waals surface area contributed by atoms with Crippen molar-refractivity contribution < 1.29 is 27.8 Å². The van der Waals surface area contributed by atoms with Crippen LogP contribution in [0.25, 0.3) is 11.1 Å². The van der Waals surface area contributed by atoms with E-state index in [9.17, 15) is 13.2 Å². The summed E-state index contributed by atoms with van der Waals surface area (Å²) in [5.74, 6) is 0.785. The summed E-state index contributed by atoms with van der Waals surface area (Å²) in [7, 11) is 0. The Morgan fingerprint density at radius 3 is 2.46 bits per heavy atom. The molecule has 0 amide bonds. The van der Waals surface area contributed by atoms with Crippen molar-refractivity contribution in [2.75, 3.05) is 13.2 Å². The molecule has 1 aromatic heterocycles. The highest BCUT2D eigenvalue weighted by molar-refractivity contribution is 5.69.